The number of alkyl halides is 3. The number of carbonyl (C=O) groups is 3. The van der Waals surface area contributed by atoms with Crippen molar-refractivity contribution in [2.45, 2.75) is 71.3 Å². The van der Waals surface area contributed by atoms with Crippen LogP contribution < -0.4 is 16.0 Å². The van der Waals surface area contributed by atoms with Crippen LogP contribution in [-0.4, -0.2) is 45.9 Å². The molecule has 0 bridgehead atoms. The Labute approximate surface area is 183 Å². The van der Waals surface area contributed by atoms with Gasteiger partial charge in [0.2, 0.25) is 11.8 Å². The van der Waals surface area contributed by atoms with Gasteiger partial charge in [0, 0.05) is 5.69 Å². The van der Waals surface area contributed by atoms with Crippen LogP contribution in [0.5, 0.6) is 0 Å². The molecule has 1 aromatic heterocycles. The molecule has 3 unspecified atom stereocenters. The summed E-state index contributed by atoms with van der Waals surface area (Å²) in [6.45, 7) is 6.17. The minimum Gasteiger partial charge on any atom is -0.348 e. The van der Waals surface area contributed by atoms with Crippen molar-refractivity contribution in [1.29, 1.82) is 5.26 Å². The molecule has 0 saturated heterocycles. The number of amides is 3. The summed E-state index contributed by atoms with van der Waals surface area (Å²) < 4.78 is 38.2. The highest BCUT2D eigenvalue weighted by atomic mass is 19.4. The van der Waals surface area contributed by atoms with Crippen molar-refractivity contribution in [1.82, 2.24) is 25.9 Å². The first-order chi connectivity index (χ1) is 14.7. The largest absolute Gasteiger partial charge is 0.471 e. The van der Waals surface area contributed by atoms with Gasteiger partial charge in [-0.2, -0.15) is 18.4 Å². The molecular formula is C20H27F3N6O3. The summed E-state index contributed by atoms with van der Waals surface area (Å²) in [6, 6.07) is -1.76. The van der Waals surface area contributed by atoms with E-state index < -0.39 is 47.4 Å². The van der Waals surface area contributed by atoms with E-state index in [2.05, 4.69) is 20.6 Å². The normalized spacial score (nSPS) is 16.9. The van der Waals surface area contributed by atoms with E-state index in [0.29, 0.717) is 11.4 Å². The molecule has 1 aliphatic carbocycles. The number of aryl methyl sites for hydroxylation is 1. The Kier molecular flexibility index (Phi) is 7.54. The maximum atomic E-state index is 12.9. The van der Waals surface area contributed by atoms with Crippen LogP contribution in [0.3, 0.4) is 0 Å². The third-order valence-corrected chi connectivity index (χ3v) is 5.12. The second-order valence-electron chi connectivity index (χ2n) is 8.99. The van der Waals surface area contributed by atoms with Gasteiger partial charge in [-0.3, -0.25) is 14.4 Å². The van der Waals surface area contributed by atoms with E-state index in [-0.39, 0.29) is 12.3 Å². The van der Waals surface area contributed by atoms with Crippen LogP contribution in [-0.2, 0) is 14.4 Å². The minimum atomic E-state index is -5.16. The first-order valence-corrected chi connectivity index (χ1v) is 10.1. The van der Waals surface area contributed by atoms with Gasteiger partial charge in [0.05, 0.1) is 18.1 Å². The molecule has 1 saturated carbocycles. The number of nitrogens with one attached hydrogen (secondary N) is 4. The molecule has 1 aromatic rings. The van der Waals surface area contributed by atoms with Gasteiger partial charge in [0.15, 0.2) is 6.04 Å². The molecule has 0 radical (unpaired) electrons. The van der Waals surface area contributed by atoms with Crippen LogP contribution in [0.15, 0.2) is 6.33 Å². The van der Waals surface area contributed by atoms with Crippen molar-refractivity contribution in [2.24, 2.45) is 11.3 Å². The zero-order chi connectivity index (χ0) is 24.3. The Morgan fingerprint density at radius 1 is 1.19 bits per heavy atom. The number of halogens is 3. The zero-order valence-corrected chi connectivity index (χ0v) is 18.3. The fourth-order valence-electron chi connectivity index (χ4n) is 3.13. The topological polar surface area (TPSA) is 140 Å². The van der Waals surface area contributed by atoms with Gasteiger partial charge < -0.3 is 20.9 Å². The molecule has 1 fully saturated rings. The molecule has 0 aromatic carbocycles. The average molecular weight is 456 g/mol. The first kappa shape index (κ1) is 25.2. The summed E-state index contributed by atoms with van der Waals surface area (Å²) in [7, 11) is 0. The molecule has 3 amide bonds. The minimum absolute atomic E-state index is 0.177. The van der Waals surface area contributed by atoms with Crippen molar-refractivity contribution in [3.8, 4) is 6.07 Å². The Morgan fingerprint density at radius 2 is 1.81 bits per heavy atom. The summed E-state index contributed by atoms with van der Waals surface area (Å²) in [5.74, 6) is -3.64. The fourth-order valence-corrected chi connectivity index (χ4v) is 3.13. The van der Waals surface area contributed by atoms with Crippen LogP contribution in [0.25, 0.3) is 0 Å². The number of hydrogen-bond acceptors (Lipinski definition) is 5. The van der Waals surface area contributed by atoms with Crippen LogP contribution in [0.4, 0.5) is 13.2 Å². The Morgan fingerprint density at radius 3 is 2.25 bits per heavy atom. The predicted molar refractivity (Wildman–Crippen MR) is 107 cm³/mol. The van der Waals surface area contributed by atoms with E-state index in [9.17, 15) is 32.8 Å². The highest BCUT2D eigenvalue weighted by Gasteiger charge is 2.44. The number of H-pyrrole nitrogens is 1. The standard InChI is InChI=1S/C20H27F3N6O3/c1-10-14(26-9-25-10)13(8-24)28-16(30)12(7-11-5-6-11)27-17(31)15(19(2,3)4)29-18(32)20(21,22)23/h9,11-13,15H,5-7H2,1-4H3,(H,25,26)(H,27,31)(H,28,30)(H,29,32). The van der Waals surface area contributed by atoms with Gasteiger partial charge in [0.1, 0.15) is 12.1 Å². The molecule has 9 nitrogen and oxygen atoms in total. The molecule has 1 heterocycles. The van der Waals surface area contributed by atoms with E-state index in [0.717, 1.165) is 12.8 Å². The molecular weight excluding hydrogens is 429 g/mol. The summed E-state index contributed by atoms with van der Waals surface area (Å²) in [4.78, 5) is 44.0. The number of aromatic nitrogens is 2. The molecule has 0 aliphatic heterocycles. The highest BCUT2D eigenvalue weighted by molar-refractivity contribution is 5.93. The average Bonchev–Trinajstić information content (AvgIpc) is 3.39. The summed E-state index contributed by atoms with van der Waals surface area (Å²) in [5, 5.41) is 16.2. The molecule has 2 rings (SSSR count). The second-order valence-corrected chi connectivity index (χ2v) is 8.99. The Hall–Kier alpha value is -3.10. The van der Waals surface area contributed by atoms with Gasteiger partial charge in [-0.25, -0.2) is 4.98 Å². The van der Waals surface area contributed by atoms with E-state index >= 15 is 0 Å². The van der Waals surface area contributed by atoms with Crippen LogP contribution in [0.2, 0.25) is 0 Å². The molecule has 12 heteroatoms. The number of rotatable bonds is 8. The van der Waals surface area contributed by atoms with Gasteiger partial charge in [-0.15, -0.1) is 0 Å². The monoisotopic (exact) mass is 456 g/mol. The lowest BCUT2D eigenvalue weighted by atomic mass is 9.85. The maximum absolute atomic E-state index is 12.9. The number of aromatic amines is 1. The highest BCUT2D eigenvalue weighted by Crippen LogP contribution is 2.34. The summed E-state index contributed by atoms with van der Waals surface area (Å²) >= 11 is 0. The molecule has 32 heavy (non-hydrogen) atoms. The summed E-state index contributed by atoms with van der Waals surface area (Å²) in [6.07, 6.45) is -1.81. The Bertz CT molecular complexity index is 896. The molecule has 0 spiro atoms. The number of carbonyl (C=O) groups excluding carboxylic acids is 3. The van der Waals surface area contributed by atoms with Crippen LogP contribution in [0, 0.1) is 29.6 Å². The smallest absolute Gasteiger partial charge is 0.348 e. The quantitative estimate of drug-likeness (QED) is 0.472. The Balaban J connectivity index is 2.17. The van der Waals surface area contributed by atoms with Crippen LogP contribution in [0.1, 0.15) is 57.5 Å². The molecule has 3 atom stereocenters. The number of hydrogen-bond donors (Lipinski definition) is 4. The lowest BCUT2D eigenvalue weighted by Crippen LogP contribution is -2.59. The lowest BCUT2D eigenvalue weighted by molar-refractivity contribution is -0.175. The fraction of sp³-hybridized carbons (Fsp3) is 0.650. The molecule has 1 aliphatic rings. The summed E-state index contributed by atoms with van der Waals surface area (Å²) in [5.41, 5.74) is -0.155. The maximum Gasteiger partial charge on any atom is 0.471 e. The van der Waals surface area contributed by atoms with Gasteiger partial charge >= 0.3 is 12.1 Å². The van der Waals surface area contributed by atoms with Crippen molar-refractivity contribution >= 4 is 17.7 Å². The third-order valence-electron chi connectivity index (χ3n) is 5.12. The van der Waals surface area contributed by atoms with E-state index in [1.165, 1.54) is 27.1 Å². The third kappa shape index (κ3) is 6.70. The molecule has 4 N–H and O–H groups in total. The van der Waals surface area contributed by atoms with Gasteiger partial charge in [0.25, 0.3) is 0 Å². The number of imidazole rings is 1. The van der Waals surface area contributed by atoms with Gasteiger partial charge in [-0.05, 0) is 24.7 Å². The first-order valence-electron chi connectivity index (χ1n) is 10.1. The van der Waals surface area contributed by atoms with E-state index in [4.69, 9.17) is 0 Å². The molecule has 176 valence electrons. The SMILES string of the molecule is Cc1[nH]cnc1C(C#N)NC(=O)C(CC1CC1)NC(=O)C(NC(=O)C(F)(F)F)C(C)(C)C. The van der Waals surface area contributed by atoms with Crippen molar-refractivity contribution in [2.75, 3.05) is 0 Å². The lowest BCUT2D eigenvalue weighted by Gasteiger charge is -2.32. The van der Waals surface area contributed by atoms with Gasteiger partial charge in [-0.1, -0.05) is 33.6 Å². The van der Waals surface area contributed by atoms with E-state index in [1.54, 1.807) is 12.2 Å². The van der Waals surface area contributed by atoms with Crippen molar-refractivity contribution in [3.63, 3.8) is 0 Å². The number of nitriles is 1. The van der Waals surface area contributed by atoms with E-state index in [1.807, 2.05) is 6.07 Å². The second kappa shape index (κ2) is 9.58. The van der Waals surface area contributed by atoms with Crippen LogP contribution >= 0.6 is 0 Å². The predicted octanol–water partition coefficient (Wildman–Crippen LogP) is 1.78. The zero-order valence-electron chi connectivity index (χ0n) is 18.3. The van der Waals surface area contributed by atoms with Crippen molar-refractivity contribution < 1.29 is 27.6 Å². The number of nitrogens with zero attached hydrogens (tertiary/aromatic N) is 2. The van der Waals surface area contributed by atoms with Crippen molar-refractivity contribution in [3.05, 3.63) is 17.7 Å².